The van der Waals surface area contributed by atoms with Gasteiger partial charge in [-0.2, -0.15) is 0 Å². The van der Waals surface area contributed by atoms with Crippen molar-refractivity contribution in [2.24, 2.45) is 0 Å². The molecule has 1 heterocycles. The van der Waals surface area contributed by atoms with Gasteiger partial charge >= 0.3 is 0 Å². The van der Waals surface area contributed by atoms with Crippen LogP contribution in [0, 0.1) is 0 Å². The summed E-state index contributed by atoms with van der Waals surface area (Å²) in [7, 11) is 0. The fraction of sp³-hybridized carbons (Fsp3) is 0.0769. The molecule has 92 valence electrons. The summed E-state index contributed by atoms with van der Waals surface area (Å²) >= 11 is 5.98. The smallest absolute Gasteiger partial charge is 0.250 e. The van der Waals surface area contributed by atoms with Crippen molar-refractivity contribution in [3.63, 3.8) is 0 Å². The summed E-state index contributed by atoms with van der Waals surface area (Å²) < 4.78 is 1.28. The van der Waals surface area contributed by atoms with Crippen molar-refractivity contribution < 1.29 is 9.90 Å². The number of carboxylic acids is 1. The molecule has 0 aliphatic carbocycles. The van der Waals surface area contributed by atoms with E-state index in [0.717, 1.165) is 5.56 Å². The Labute approximate surface area is 108 Å². The standard InChI is InChI=1S/C13H10ClNO3/c14-11-4-2-1-3-9(11)7-15-8-10(13(17)18)5-6-12(15)16/h1-6,8H,7H2,(H,17,18)/p-1. The van der Waals surface area contributed by atoms with Gasteiger partial charge in [0.25, 0.3) is 5.56 Å². The minimum absolute atomic E-state index is 0.0401. The molecule has 0 radical (unpaired) electrons. The van der Waals surface area contributed by atoms with Crippen LogP contribution in [0.15, 0.2) is 47.4 Å². The van der Waals surface area contributed by atoms with Crippen LogP contribution in [-0.4, -0.2) is 10.5 Å². The van der Waals surface area contributed by atoms with Gasteiger partial charge in [-0.15, -0.1) is 0 Å². The first kappa shape index (κ1) is 12.4. The Bertz CT molecular complexity index is 649. The molecular formula is C13H9ClNO3-. The van der Waals surface area contributed by atoms with Gasteiger partial charge in [-0.3, -0.25) is 4.79 Å². The quantitative estimate of drug-likeness (QED) is 0.826. The molecule has 1 aromatic heterocycles. The lowest BCUT2D eigenvalue weighted by Gasteiger charge is -2.10. The number of benzene rings is 1. The largest absolute Gasteiger partial charge is 0.545 e. The van der Waals surface area contributed by atoms with Gasteiger partial charge in [0.15, 0.2) is 0 Å². The van der Waals surface area contributed by atoms with Crippen LogP contribution in [0.4, 0.5) is 0 Å². The maximum Gasteiger partial charge on any atom is 0.250 e. The van der Waals surface area contributed by atoms with Gasteiger partial charge in [0.2, 0.25) is 0 Å². The van der Waals surface area contributed by atoms with Crippen LogP contribution in [0.25, 0.3) is 0 Å². The molecule has 0 spiro atoms. The number of carbonyl (C=O) groups is 1. The van der Waals surface area contributed by atoms with Gasteiger partial charge in [-0.25, -0.2) is 0 Å². The molecule has 0 saturated heterocycles. The Morgan fingerprint density at radius 2 is 1.94 bits per heavy atom. The molecule has 18 heavy (non-hydrogen) atoms. The van der Waals surface area contributed by atoms with Crippen LogP contribution in [0.1, 0.15) is 15.9 Å². The maximum absolute atomic E-state index is 11.6. The van der Waals surface area contributed by atoms with Crippen molar-refractivity contribution in [3.8, 4) is 0 Å². The Morgan fingerprint density at radius 1 is 1.22 bits per heavy atom. The van der Waals surface area contributed by atoms with Crippen LogP contribution < -0.4 is 10.7 Å². The number of nitrogens with zero attached hydrogens (tertiary/aromatic N) is 1. The molecule has 0 atom stereocenters. The Morgan fingerprint density at radius 3 is 2.61 bits per heavy atom. The van der Waals surface area contributed by atoms with Crippen molar-refractivity contribution >= 4 is 17.6 Å². The number of hydrogen-bond donors (Lipinski definition) is 0. The van der Waals surface area contributed by atoms with Crippen molar-refractivity contribution in [1.29, 1.82) is 0 Å². The van der Waals surface area contributed by atoms with Gasteiger partial charge in [-0.05, 0) is 17.7 Å². The Balaban J connectivity index is 2.40. The van der Waals surface area contributed by atoms with E-state index in [9.17, 15) is 14.7 Å². The normalized spacial score (nSPS) is 10.3. The Hall–Kier alpha value is -2.07. The first-order valence-electron chi connectivity index (χ1n) is 5.23. The van der Waals surface area contributed by atoms with E-state index in [1.165, 1.54) is 22.9 Å². The summed E-state index contributed by atoms with van der Waals surface area (Å²) in [5, 5.41) is 11.3. The van der Waals surface area contributed by atoms with Crippen molar-refractivity contribution in [3.05, 3.63) is 69.1 Å². The first-order chi connectivity index (χ1) is 8.58. The molecule has 0 unspecified atom stereocenters. The predicted molar refractivity (Wildman–Crippen MR) is 65.6 cm³/mol. The second kappa shape index (κ2) is 5.06. The van der Waals surface area contributed by atoms with Gasteiger partial charge in [0.1, 0.15) is 0 Å². The summed E-state index contributed by atoms with van der Waals surface area (Å²) in [6.07, 6.45) is 1.25. The number of pyridine rings is 1. The fourth-order valence-corrected chi connectivity index (χ4v) is 1.78. The molecule has 0 bridgehead atoms. The average molecular weight is 263 g/mol. The lowest BCUT2D eigenvalue weighted by atomic mass is 10.2. The summed E-state index contributed by atoms with van der Waals surface area (Å²) in [5.41, 5.74) is 0.415. The van der Waals surface area contributed by atoms with E-state index in [-0.39, 0.29) is 17.7 Å². The molecule has 0 aliphatic rings. The van der Waals surface area contributed by atoms with E-state index in [4.69, 9.17) is 11.6 Å². The molecule has 0 fully saturated rings. The summed E-state index contributed by atoms with van der Waals surface area (Å²) in [6, 6.07) is 9.49. The van der Waals surface area contributed by atoms with Crippen LogP contribution in [0.3, 0.4) is 0 Å². The molecule has 0 N–H and O–H groups in total. The highest BCUT2D eigenvalue weighted by molar-refractivity contribution is 6.31. The number of rotatable bonds is 3. The molecule has 4 nitrogen and oxygen atoms in total. The highest BCUT2D eigenvalue weighted by atomic mass is 35.5. The van der Waals surface area contributed by atoms with E-state index < -0.39 is 5.97 Å². The predicted octanol–water partition coefficient (Wildman–Crippen LogP) is 0.913. The van der Waals surface area contributed by atoms with E-state index >= 15 is 0 Å². The number of aromatic nitrogens is 1. The van der Waals surface area contributed by atoms with Crippen LogP contribution in [-0.2, 0) is 6.54 Å². The summed E-state index contributed by atoms with van der Waals surface area (Å²) in [6.45, 7) is 0.222. The van der Waals surface area contributed by atoms with Crippen LogP contribution in [0.5, 0.6) is 0 Å². The van der Waals surface area contributed by atoms with Gasteiger partial charge in [0.05, 0.1) is 12.5 Å². The molecule has 0 amide bonds. The third-order valence-electron chi connectivity index (χ3n) is 2.52. The fourth-order valence-electron chi connectivity index (χ4n) is 1.59. The third kappa shape index (κ3) is 2.60. The number of carboxylic acid groups (broad SMARTS) is 1. The molecule has 0 saturated carbocycles. The molecule has 5 heteroatoms. The highest BCUT2D eigenvalue weighted by Crippen LogP contribution is 2.15. The van der Waals surface area contributed by atoms with Gasteiger partial charge in [0, 0.05) is 22.8 Å². The van der Waals surface area contributed by atoms with E-state index in [1.54, 1.807) is 24.3 Å². The van der Waals surface area contributed by atoms with Crippen LogP contribution in [0.2, 0.25) is 5.02 Å². The number of carbonyl (C=O) groups excluding carboxylic acids is 1. The van der Waals surface area contributed by atoms with Gasteiger partial charge in [-0.1, -0.05) is 29.8 Å². The molecular weight excluding hydrogens is 254 g/mol. The lowest BCUT2D eigenvalue weighted by molar-refractivity contribution is -0.255. The van der Waals surface area contributed by atoms with Crippen molar-refractivity contribution in [2.45, 2.75) is 6.54 Å². The molecule has 2 aromatic rings. The van der Waals surface area contributed by atoms with E-state index in [0.29, 0.717) is 5.02 Å². The minimum atomic E-state index is -1.32. The second-order valence-electron chi connectivity index (χ2n) is 3.76. The van der Waals surface area contributed by atoms with Crippen LogP contribution >= 0.6 is 11.6 Å². The zero-order valence-corrected chi connectivity index (χ0v) is 10.1. The topological polar surface area (TPSA) is 62.1 Å². The third-order valence-corrected chi connectivity index (χ3v) is 2.89. The highest BCUT2D eigenvalue weighted by Gasteiger charge is 2.03. The molecule has 2 rings (SSSR count). The monoisotopic (exact) mass is 262 g/mol. The van der Waals surface area contributed by atoms with E-state index in [2.05, 4.69) is 0 Å². The molecule has 1 aromatic carbocycles. The first-order valence-corrected chi connectivity index (χ1v) is 5.61. The zero-order valence-electron chi connectivity index (χ0n) is 9.30. The summed E-state index contributed by atoms with van der Waals surface area (Å²) in [5.74, 6) is -1.32. The van der Waals surface area contributed by atoms with Crippen molar-refractivity contribution in [2.75, 3.05) is 0 Å². The Kier molecular flexibility index (Phi) is 3.48. The number of halogens is 1. The minimum Gasteiger partial charge on any atom is -0.545 e. The zero-order chi connectivity index (χ0) is 13.1. The number of aromatic carboxylic acids is 1. The van der Waals surface area contributed by atoms with E-state index in [1.807, 2.05) is 0 Å². The SMILES string of the molecule is O=C([O-])c1ccc(=O)n(Cc2ccccc2Cl)c1. The second-order valence-corrected chi connectivity index (χ2v) is 4.17. The lowest BCUT2D eigenvalue weighted by Crippen LogP contribution is -2.26. The molecule has 0 aliphatic heterocycles. The van der Waals surface area contributed by atoms with Crippen molar-refractivity contribution in [1.82, 2.24) is 4.57 Å². The maximum atomic E-state index is 11.6. The average Bonchev–Trinajstić information content (AvgIpc) is 2.34. The summed E-state index contributed by atoms with van der Waals surface area (Å²) in [4.78, 5) is 22.3. The van der Waals surface area contributed by atoms with Gasteiger partial charge < -0.3 is 14.5 Å². The number of hydrogen-bond acceptors (Lipinski definition) is 3.